The smallest absolute Gasteiger partial charge is 0.341 e. The molecule has 0 fully saturated rings. The Morgan fingerprint density at radius 2 is 2.00 bits per heavy atom. The Bertz CT molecular complexity index is 1120. The van der Waals surface area contributed by atoms with E-state index in [1.165, 1.54) is 11.3 Å². The van der Waals surface area contributed by atoms with Gasteiger partial charge in [-0.1, -0.05) is 12.1 Å². The molecular weight excluding hydrogens is 414 g/mol. The second-order valence-electron chi connectivity index (χ2n) is 7.72. The van der Waals surface area contributed by atoms with Crippen LogP contribution in [-0.2, 0) is 17.6 Å². The molecule has 4 rings (SSSR count). The van der Waals surface area contributed by atoms with E-state index in [1.807, 2.05) is 38.1 Å². The number of methoxy groups -OCH3 is 1. The largest absolute Gasteiger partial charge is 0.497 e. The number of benzene rings is 1. The van der Waals surface area contributed by atoms with Gasteiger partial charge in [-0.2, -0.15) is 5.10 Å². The van der Waals surface area contributed by atoms with Gasteiger partial charge in [0.1, 0.15) is 16.4 Å². The van der Waals surface area contributed by atoms with E-state index in [4.69, 9.17) is 9.47 Å². The van der Waals surface area contributed by atoms with Crippen LogP contribution in [0.4, 0.5) is 5.00 Å². The third kappa shape index (κ3) is 4.49. The van der Waals surface area contributed by atoms with Gasteiger partial charge in [0.15, 0.2) is 0 Å². The molecule has 31 heavy (non-hydrogen) atoms. The summed E-state index contributed by atoms with van der Waals surface area (Å²) < 4.78 is 10.7. The van der Waals surface area contributed by atoms with Crippen molar-refractivity contribution in [2.75, 3.05) is 12.4 Å². The highest BCUT2D eigenvalue weighted by Crippen LogP contribution is 2.39. The van der Waals surface area contributed by atoms with Gasteiger partial charge >= 0.3 is 5.97 Å². The van der Waals surface area contributed by atoms with Crippen molar-refractivity contribution in [3.63, 3.8) is 0 Å². The average molecular weight is 440 g/mol. The van der Waals surface area contributed by atoms with Crippen LogP contribution in [0.3, 0.4) is 0 Å². The Morgan fingerprint density at radius 3 is 2.77 bits per heavy atom. The number of nitrogens with zero attached hydrogens (tertiary/aromatic N) is 1. The van der Waals surface area contributed by atoms with Gasteiger partial charge < -0.3 is 14.8 Å². The SMILES string of the molecule is COc1cccc(-c2cc(C(=O)Nc3sc4c(c3C(=O)OC(C)C)CCCC4)[nH]n2)c1. The number of ether oxygens (including phenoxy) is 2. The minimum Gasteiger partial charge on any atom is -0.497 e. The van der Waals surface area contributed by atoms with Crippen LogP contribution in [0.2, 0.25) is 0 Å². The van der Waals surface area contributed by atoms with E-state index in [-0.39, 0.29) is 18.0 Å². The summed E-state index contributed by atoms with van der Waals surface area (Å²) in [5, 5.41) is 10.5. The fourth-order valence-corrected chi connectivity index (χ4v) is 4.95. The Hall–Kier alpha value is -3.13. The molecule has 0 spiro atoms. The average Bonchev–Trinajstić information content (AvgIpc) is 3.38. The maximum atomic E-state index is 12.9. The molecule has 0 unspecified atom stereocenters. The van der Waals surface area contributed by atoms with Gasteiger partial charge in [-0.15, -0.1) is 11.3 Å². The van der Waals surface area contributed by atoms with Crippen molar-refractivity contribution < 1.29 is 19.1 Å². The van der Waals surface area contributed by atoms with Crippen molar-refractivity contribution in [2.24, 2.45) is 0 Å². The Labute approximate surface area is 184 Å². The summed E-state index contributed by atoms with van der Waals surface area (Å²) in [6.07, 6.45) is 3.64. The zero-order valence-corrected chi connectivity index (χ0v) is 18.6. The summed E-state index contributed by atoms with van der Waals surface area (Å²) in [7, 11) is 1.60. The number of esters is 1. The van der Waals surface area contributed by atoms with Crippen LogP contribution in [0.1, 0.15) is 58.0 Å². The number of hydrogen-bond acceptors (Lipinski definition) is 6. The number of aromatic amines is 1. The van der Waals surface area contributed by atoms with Crippen molar-refractivity contribution in [3.8, 4) is 17.0 Å². The molecule has 0 bridgehead atoms. The highest BCUT2D eigenvalue weighted by atomic mass is 32.1. The predicted octanol–water partition coefficient (Wildman–Crippen LogP) is 4.84. The molecule has 1 amide bonds. The number of anilines is 1. The predicted molar refractivity (Wildman–Crippen MR) is 120 cm³/mol. The number of carbonyl (C=O) groups excluding carboxylic acids is 2. The highest BCUT2D eigenvalue weighted by molar-refractivity contribution is 7.17. The zero-order chi connectivity index (χ0) is 22.0. The summed E-state index contributed by atoms with van der Waals surface area (Å²) in [5.74, 6) is -0.0193. The number of aryl methyl sites for hydroxylation is 1. The lowest BCUT2D eigenvalue weighted by molar-refractivity contribution is 0.0378. The molecular formula is C23H25N3O4S. The molecule has 8 heteroatoms. The molecule has 0 saturated heterocycles. The van der Waals surface area contributed by atoms with E-state index in [0.29, 0.717) is 27.7 Å². The molecule has 1 aliphatic rings. The van der Waals surface area contributed by atoms with E-state index in [9.17, 15) is 9.59 Å². The third-order valence-corrected chi connectivity index (χ3v) is 6.34. The van der Waals surface area contributed by atoms with Crippen LogP contribution >= 0.6 is 11.3 Å². The molecule has 0 aliphatic heterocycles. The Morgan fingerprint density at radius 1 is 1.19 bits per heavy atom. The molecule has 0 saturated carbocycles. The number of rotatable bonds is 6. The number of amides is 1. The van der Waals surface area contributed by atoms with Crippen molar-refractivity contribution >= 4 is 28.2 Å². The minimum absolute atomic E-state index is 0.228. The summed E-state index contributed by atoms with van der Waals surface area (Å²) in [4.78, 5) is 26.9. The van der Waals surface area contributed by atoms with Crippen LogP contribution < -0.4 is 10.1 Å². The molecule has 7 nitrogen and oxygen atoms in total. The molecule has 2 N–H and O–H groups in total. The molecule has 2 aromatic heterocycles. The van der Waals surface area contributed by atoms with Crippen molar-refractivity contribution in [1.82, 2.24) is 10.2 Å². The van der Waals surface area contributed by atoms with E-state index in [0.717, 1.165) is 41.7 Å². The summed E-state index contributed by atoms with van der Waals surface area (Å²) in [6, 6.07) is 9.15. The van der Waals surface area contributed by atoms with E-state index >= 15 is 0 Å². The van der Waals surface area contributed by atoms with Crippen LogP contribution in [0.25, 0.3) is 11.3 Å². The maximum Gasteiger partial charge on any atom is 0.341 e. The van der Waals surface area contributed by atoms with Gasteiger partial charge in [0.2, 0.25) is 0 Å². The number of H-pyrrole nitrogens is 1. The first-order chi connectivity index (χ1) is 15.0. The van der Waals surface area contributed by atoms with Crippen LogP contribution in [-0.4, -0.2) is 35.3 Å². The van der Waals surface area contributed by atoms with Gasteiger partial charge in [-0.25, -0.2) is 4.79 Å². The van der Waals surface area contributed by atoms with Crippen molar-refractivity contribution in [1.29, 1.82) is 0 Å². The van der Waals surface area contributed by atoms with E-state index < -0.39 is 0 Å². The zero-order valence-electron chi connectivity index (χ0n) is 17.8. The first-order valence-electron chi connectivity index (χ1n) is 10.3. The number of thiophene rings is 1. The molecule has 3 aromatic rings. The Kier molecular flexibility index (Phi) is 6.08. The van der Waals surface area contributed by atoms with Crippen LogP contribution in [0, 0.1) is 0 Å². The topological polar surface area (TPSA) is 93.3 Å². The number of carbonyl (C=O) groups is 2. The van der Waals surface area contributed by atoms with Crippen LogP contribution in [0.15, 0.2) is 30.3 Å². The molecule has 162 valence electrons. The second-order valence-corrected chi connectivity index (χ2v) is 8.83. The standard InChI is InChI=1S/C23H25N3O4S/c1-13(2)30-23(28)20-16-9-4-5-10-19(16)31-22(20)24-21(27)18-12-17(25-26-18)14-7-6-8-15(11-14)29-3/h6-8,11-13H,4-5,9-10H2,1-3H3,(H,24,27)(H,25,26). The van der Waals surface area contributed by atoms with Gasteiger partial charge in [-0.05, 0) is 63.3 Å². The minimum atomic E-state index is -0.383. The number of hydrogen-bond donors (Lipinski definition) is 2. The first-order valence-corrected chi connectivity index (χ1v) is 11.1. The molecule has 1 aromatic carbocycles. The molecule has 1 aliphatic carbocycles. The summed E-state index contributed by atoms with van der Waals surface area (Å²) in [6.45, 7) is 3.64. The lowest BCUT2D eigenvalue weighted by Crippen LogP contribution is -2.18. The monoisotopic (exact) mass is 439 g/mol. The normalized spacial score (nSPS) is 13.0. The Balaban J connectivity index is 1.59. The molecule has 2 heterocycles. The number of fused-ring (bicyclic) bond motifs is 1. The lowest BCUT2D eigenvalue weighted by atomic mass is 9.95. The van der Waals surface area contributed by atoms with Gasteiger partial charge in [0.05, 0.1) is 24.5 Å². The fraction of sp³-hybridized carbons (Fsp3) is 0.348. The second kappa shape index (κ2) is 8.93. The summed E-state index contributed by atoms with van der Waals surface area (Å²) in [5.41, 5.74) is 3.29. The highest BCUT2D eigenvalue weighted by Gasteiger charge is 2.28. The van der Waals surface area contributed by atoms with Crippen molar-refractivity contribution in [2.45, 2.75) is 45.6 Å². The number of nitrogens with one attached hydrogen (secondary N) is 2. The van der Waals surface area contributed by atoms with Crippen LogP contribution in [0.5, 0.6) is 5.75 Å². The number of aromatic nitrogens is 2. The quantitative estimate of drug-likeness (QED) is 0.536. The third-order valence-electron chi connectivity index (χ3n) is 5.13. The molecule has 0 atom stereocenters. The van der Waals surface area contributed by atoms with Gasteiger partial charge in [0.25, 0.3) is 5.91 Å². The van der Waals surface area contributed by atoms with E-state index in [1.54, 1.807) is 13.2 Å². The first kappa shape index (κ1) is 21.1. The van der Waals surface area contributed by atoms with Crippen molar-refractivity contribution in [3.05, 3.63) is 52.0 Å². The van der Waals surface area contributed by atoms with Gasteiger partial charge in [0, 0.05) is 10.4 Å². The molecule has 0 radical (unpaired) electrons. The van der Waals surface area contributed by atoms with Gasteiger partial charge in [-0.3, -0.25) is 9.89 Å². The lowest BCUT2D eigenvalue weighted by Gasteiger charge is -2.14. The van der Waals surface area contributed by atoms with E-state index in [2.05, 4.69) is 15.5 Å². The summed E-state index contributed by atoms with van der Waals surface area (Å²) >= 11 is 1.46. The fourth-order valence-electron chi connectivity index (χ4n) is 3.68. The maximum absolute atomic E-state index is 12.9.